The van der Waals surface area contributed by atoms with Crippen LogP contribution >= 0.6 is 0 Å². The quantitative estimate of drug-likeness (QED) is 0.733. The standard InChI is InChI=1S/C23H35N3O3/c1-18-16-26(17-19(2)29-18)23(28)20(3)24-12-14-25(15-13-24)22(27)11-7-10-21-8-5-4-6-9-21/h4-6,8-9,18-20H,7,10-17H2,1-3H3. The van der Waals surface area contributed by atoms with Crippen molar-refractivity contribution in [3.8, 4) is 0 Å². The van der Waals surface area contributed by atoms with Crippen molar-refractivity contribution >= 4 is 11.8 Å². The lowest BCUT2D eigenvalue weighted by Crippen LogP contribution is -2.58. The van der Waals surface area contributed by atoms with Gasteiger partial charge in [-0.15, -0.1) is 0 Å². The van der Waals surface area contributed by atoms with Crippen molar-refractivity contribution in [2.24, 2.45) is 0 Å². The van der Waals surface area contributed by atoms with E-state index in [1.165, 1.54) is 5.56 Å². The second-order valence-corrected chi connectivity index (χ2v) is 8.43. The van der Waals surface area contributed by atoms with Crippen molar-refractivity contribution in [2.75, 3.05) is 39.3 Å². The highest BCUT2D eigenvalue weighted by Gasteiger charge is 2.33. The molecular weight excluding hydrogens is 366 g/mol. The molecule has 0 aromatic heterocycles. The Bertz CT molecular complexity index is 663. The number of morpholine rings is 1. The Labute approximate surface area is 174 Å². The number of carbonyl (C=O) groups excluding carboxylic acids is 2. The highest BCUT2D eigenvalue weighted by Crippen LogP contribution is 2.16. The SMILES string of the molecule is CC1CN(C(=O)C(C)N2CCN(C(=O)CCCc3ccccc3)CC2)CC(C)O1. The number of rotatable bonds is 6. The Morgan fingerprint density at radius 1 is 1.00 bits per heavy atom. The zero-order valence-corrected chi connectivity index (χ0v) is 18.0. The van der Waals surface area contributed by atoms with Gasteiger partial charge in [-0.05, 0) is 39.2 Å². The summed E-state index contributed by atoms with van der Waals surface area (Å²) < 4.78 is 5.74. The third-order valence-corrected chi connectivity index (χ3v) is 6.00. The number of ether oxygens (including phenoxy) is 1. The van der Waals surface area contributed by atoms with Crippen molar-refractivity contribution in [1.29, 1.82) is 0 Å². The average Bonchev–Trinajstić information content (AvgIpc) is 2.73. The molecule has 29 heavy (non-hydrogen) atoms. The van der Waals surface area contributed by atoms with Crippen molar-refractivity contribution < 1.29 is 14.3 Å². The fourth-order valence-electron chi connectivity index (χ4n) is 4.38. The summed E-state index contributed by atoms with van der Waals surface area (Å²) >= 11 is 0. The average molecular weight is 402 g/mol. The predicted molar refractivity (Wildman–Crippen MR) is 114 cm³/mol. The molecule has 6 nitrogen and oxygen atoms in total. The van der Waals surface area contributed by atoms with E-state index in [0.717, 1.165) is 25.9 Å². The van der Waals surface area contributed by atoms with Gasteiger partial charge in [0.1, 0.15) is 0 Å². The number of amides is 2. The van der Waals surface area contributed by atoms with Gasteiger partial charge >= 0.3 is 0 Å². The van der Waals surface area contributed by atoms with E-state index in [9.17, 15) is 9.59 Å². The van der Waals surface area contributed by atoms with Gasteiger partial charge in [0, 0.05) is 45.7 Å². The van der Waals surface area contributed by atoms with Crippen LogP contribution in [-0.2, 0) is 20.7 Å². The molecule has 3 atom stereocenters. The van der Waals surface area contributed by atoms with Crippen LogP contribution in [-0.4, -0.2) is 84.0 Å². The first-order chi connectivity index (χ1) is 13.9. The van der Waals surface area contributed by atoms with Gasteiger partial charge in [0.25, 0.3) is 0 Å². The zero-order chi connectivity index (χ0) is 20.8. The summed E-state index contributed by atoms with van der Waals surface area (Å²) in [4.78, 5) is 31.6. The fourth-order valence-corrected chi connectivity index (χ4v) is 4.38. The maximum atomic E-state index is 12.9. The number of carbonyl (C=O) groups is 2. The van der Waals surface area contributed by atoms with E-state index in [0.29, 0.717) is 32.6 Å². The van der Waals surface area contributed by atoms with Crippen LogP contribution in [0.3, 0.4) is 0 Å². The summed E-state index contributed by atoms with van der Waals surface area (Å²) in [5.41, 5.74) is 1.28. The van der Waals surface area contributed by atoms with Gasteiger partial charge in [0.2, 0.25) is 11.8 Å². The van der Waals surface area contributed by atoms with Gasteiger partial charge in [0.05, 0.1) is 18.2 Å². The maximum absolute atomic E-state index is 12.9. The summed E-state index contributed by atoms with van der Waals surface area (Å²) in [6.07, 6.45) is 2.58. The molecule has 3 rings (SSSR count). The third-order valence-electron chi connectivity index (χ3n) is 6.00. The summed E-state index contributed by atoms with van der Waals surface area (Å²) in [5, 5.41) is 0. The number of hydrogen-bond acceptors (Lipinski definition) is 4. The molecule has 160 valence electrons. The molecule has 2 amide bonds. The van der Waals surface area contributed by atoms with Crippen molar-refractivity contribution in [3.63, 3.8) is 0 Å². The minimum absolute atomic E-state index is 0.0836. The molecule has 2 fully saturated rings. The van der Waals surface area contributed by atoms with E-state index in [4.69, 9.17) is 4.74 Å². The Hall–Kier alpha value is -1.92. The summed E-state index contributed by atoms with van der Waals surface area (Å²) in [7, 11) is 0. The number of hydrogen-bond donors (Lipinski definition) is 0. The molecule has 0 N–H and O–H groups in total. The highest BCUT2D eigenvalue weighted by atomic mass is 16.5. The van der Waals surface area contributed by atoms with Crippen LogP contribution in [0, 0.1) is 0 Å². The number of nitrogens with zero attached hydrogens (tertiary/aromatic N) is 3. The number of aryl methyl sites for hydroxylation is 1. The first-order valence-corrected chi connectivity index (χ1v) is 10.9. The van der Waals surface area contributed by atoms with Gasteiger partial charge in [-0.2, -0.15) is 0 Å². The molecule has 1 aromatic rings. The second kappa shape index (κ2) is 10.2. The van der Waals surface area contributed by atoms with Crippen molar-refractivity contribution in [2.45, 2.75) is 58.3 Å². The predicted octanol–water partition coefficient (Wildman–Crippen LogP) is 2.18. The van der Waals surface area contributed by atoms with Gasteiger partial charge in [-0.3, -0.25) is 14.5 Å². The Balaban J connectivity index is 1.41. The van der Waals surface area contributed by atoms with Crippen LogP contribution in [0.1, 0.15) is 39.2 Å². The monoisotopic (exact) mass is 401 g/mol. The van der Waals surface area contributed by atoms with Crippen molar-refractivity contribution in [3.05, 3.63) is 35.9 Å². The van der Waals surface area contributed by atoms with E-state index >= 15 is 0 Å². The molecule has 0 radical (unpaired) electrons. The van der Waals surface area contributed by atoms with E-state index < -0.39 is 0 Å². The highest BCUT2D eigenvalue weighted by molar-refractivity contribution is 5.82. The molecule has 2 aliphatic heterocycles. The molecule has 3 unspecified atom stereocenters. The normalized spacial score (nSPS) is 24.4. The third kappa shape index (κ3) is 6.03. The van der Waals surface area contributed by atoms with E-state index in [-0.39, 0.29) is 30.1 Å². The second-order valence-electron chi connectivity index (χ2n) is 8.43. The minimum atomic E-state index is -0.150. The summed E-state index contributed by atoms with van der Waals surface area (Å²) in [6, 6.07) is 10.2. The smallest absolute Gasteiger partial charge is 0.239 e. The number of benzene rings is 1. The lowest BCUT2D eigenvalue weighted by Gasteiger charge is -2.41. The Kier molecular flexibility index (Phi) is 7.67. The fraction of sp³-hybridized carbons (Fsp3) is 0.652. The van der Waals surface area contributed by atoms with Crippen LogP contribution in [0.25, 0.3) is 0 Å². The van der Waals surface area contributed by atoms with Gasteiger partial charge < -0.3 is 14.5 Å². The van der Waals surface area contributed by atoms with Crippen LogP contribution < -0.4 is 0 Å². The molecule has 6 heteroatoms. The molecule has 0 aliphatic carbocycles. The van der Waals surface area contributed by atoms with E-state index in [1.807, 2.05) is 48.8 Å². The largest absolute Gasteiger partial charge is 0.372 e. The summed E-state index contributed by atoms with van der Waals surface area (Å²) in [5.74, 6) is 0.407. The van der Waals surface area contributed by atoms with Gasteiger partial charge in [-0.1, -0.05) is 30.3 Å². The zero-order valence-electron chi connectivity index (χ0n) is 18.0. The molecule has 2 aliphatic rings. The maximum Gasteiger partial charge on any atom is 0.239 e. The Morgan fingerprint density at radius 3 is 2.24 bits per heavy atom. The molecule has 2 saturated heterocycles. The topological polar surface area (TPSA) is 53.1 Å². The molecule has 2 heterocycles. The van der Waals surface area contributed by atoms with Gasteiger partial charge in [0.15, 0.2) is 0 Å². The van der Waals surface area contributed by atoms with Crippen LogP contribution in [0.5, 0.6) is 0 Å². The summed E-state index contributed by atoms with van der Waals surface area (Å²) in [6.45, 7) is 10.3. The lowest BCUT2D eigenvalue weighted by atomic mass is 10.1. The first kappa shape index (κ1) is 21.8. The van der Waals surface area contributed by atoms with Crippen LogP contribution in [0.4, 0.5) is 0 Å². The van der Waals surface area contributed by atoms with Gasteiger partial charge in [-0.25, -0.2) is 0 Å². The molecule has 0 bridgehead atoms. The molecule has 0 saturated carbocycles. The van der Waals surface area contributed by atoms with E-state index in [1.54, 1.807) is 0 Å². The Morgan fingerprint density at radius 2 is 1.62 bits per heavy atom. The number of piperazine rings is 1. The first-order valence-electron chi connectivity index (χ1n) is 10.9. The van der Waals surface area contributed by atoms with Crippen LogP contribution in [0.2, 0.25) is 0 Å². The molecule has 0 spiro atoms. The van der Waals surface area contributed by atoms with Crippen LogP contribution in [0.15, 0.2) is 30.3 Å². The lowest BCUT2D eigenvalue weighted by molar-refractivity contribution is -0.149. The van der Waals surface area contributed by atoms with Crippen molar-refractivity contribution in [1.82, 2.24) is 14.7 Å². The molecule has 1 aromatic carbocycles. The van der Waals surface area contributed by atoms with E-state index in [2.05, 4.69) is 17.0 Å². The minimum Gasteiger partial charge on any atom is -0.372 e. The molecular formula is C23H35N3O3.